The Hall–Kier alpha value is -4.94. The van der Waals surface area contributed by atoms with Crippen molar-refractivity contribution < 1.29 is 38.2 Å². The van der Waals surface area contributed by atoms with Gasteiger partial charge in [-0.2, -0.15) is 0 Å². The van der Waals surface area contributed by atoms with Crippen molar-refractivity contribution in [3.05, 3.63) is 71.8 Å². The number of hydrazine groups is 1. The Morgan fingerprint density at radius 2 is 1.17 bits per heavy atom. The molecule has 13 heteroatoms. The van der Waals surface area contributed by atoms with Gasteiger partial charge in [0.2, 0.25) is 5.91 Å². The minimum Gasteiger partial charge on any atom is -0.462 e. The highest BCUT2D eigenvalue weighted by atomic mass is 16.6. The van der Waals surface area contributed by atoms with Gasteiger partial charge in [0.15, 0.2) is 0 Å². The monoisotopic (exact) mass is 583 g/mol. The van der Waals surface area contributed by atoms with Gasteiger partial charge in [-0.05, 0) is 38.8 Å². The first-order chi connectivity index (χ1) is 19.8. The first-order valence-electron chi connectivity index (χ1n) is 13.1. The highest BCUT2D eigenvalue weighted by Gasteiger charge is 2.29. The van der Waals surface area contributed by atoms with E-state index in [-0.39, 0.29) is 12.8 Å². The van der Waals surface area contributed by atoms with E-state index in [2.05, 4.69) is 31.5 Å². The summed E-state index contributed by atoms with van der Waals surface area (Å²) in [5.74, 6) is -4.60. The Morgan fingerprint density at radius 1 is 0.690 bits per heavy atom. The predicted molar refractivity (Wildman–Crippen MR) is 151 cm³/mol. The average molecular weight is 584 g/mol. The molecule has 0 spiro atoms. The zero-order valence-corrected chi connectivity index (χ0v) is 24.2. The number of amides is 5. The van der Waals surface area contributed by atoms with E-state index in [0.717, 1.165) is 12.7 Å². The van der Waals surface area contributed by atoms with E-state index in [1.807, 2.05) is 6.07 Å². The molecule has 13 nitrogen and oxygen atoms in total. The van der Waals surface area contributed by atoms with Crippen molar-refractivity contribution in [2.75, 3.05) is 7.11 Å². The molecule has 0 aromatic heterocycles. The van der Waals surface area contributed by atoms with Gasteiger partial charge in [0.25, 0.3) is 11.8 Å². The summed E-state index contributed by atoms with van der Waals surface area (Å²) in [4.78, 5) is 74.7. The number of benzene rings is 2. The maximum Gasteiger partial charge on any atom is 0.408 e. The van der Waals surface area contributed by atoms with Crippen molar-refractivity contribution in [3.63, 3.8) is 0 Å². The number of carbonyl (C=O) groups excluding carboxylic acids is 6. The Kier molecular flexibility index (Phi) is 12.5. The molecule has 0 heterocycles. The van der Waals surface area contributed by atoms with Gasteiger partial charge in [-0.1, -0.05) is 60.7 Å². The molecule has 226 valence electrons. The van der Waals surface area contributed by atoms with Gasteiger partial charge < -0.3 is 25.4 Å². The Balaban J connectivity index is 2.04. The van der Waals surface area contributed by atoms with Crippen LogP contribution in [0.4, 0.5) is 4.79 Å². The molecular formula is C29H37N5O8. The van der Waals surface area contributed by atoms with Crippen LogP contribution in [0.5, 0.6) is 0 Å². The first-order valence-corrected chi connectivity index (χ1v) is 13.1. The zero-order valence-electron chi connectivity index (χ0n) is 24.2. The fourth-order valence-corrected chi connectivity index (χ4v) is 3.58. The van der Waals surface area contributed by atoms with Gasteiger partial charge in [0.1, 0.15) is 23.7 Å². The lowest BCUT2D eigenvalue weighted by Crippen LogP contribution is -2.58. The van der Waals surface area contributed by atoms with Crippen molar-refractivity contribution in [3.8, 4) is 0 Å². The maximum absolute atomic E-state index is 13.1. The van der Waals surface area contributed by atoms with E-state index >= 15 is 0 Å². The van der Waals surface area contributed by atoms with Crippen LogP contribution in [-0.2, 0) is 46.3 Å². The van der Waals surface area contributed by atoms with Crippen molar-refractivity contribution in [2.24, 2.45) is 0 Å². The Bertz CT molecular complexity index is 1250. The number of alkyl carbamates (subject to hydrolysis) is 1. The van der Waals surface area contributed by atoms with Gasteiger partial charge in [0.05, 0.1) is 7.11 Å². The fourth-order valence-electron chi connectivity index (χ4n) is 3.58. The highest BCUT2D eigenvalue weighted by molar-refractivity contribution is 6.32. The van der Waals surface area contributed by atoms with E-state index < -0.39 is 59.4 Å². The number of carbonyl (C=O) groups is 6. The zero-order chi connectivity index (χ0) is 31.3. The lowest BCUT2D eigenvalue weighted by molar-refractivity contribution is -0.153. The summed E-state index contributed by atoms with van der Waals surface area (Å²) >= 11 is 0. The predicted octanol–water partition coefficient (Wildman–Crippen LogP) is 0.675. The number of ether oxygens (including phenoxy) is 2. The van der Waals surface area contributed by atoms with E-state index in [1.165, 1.54) is 6.92 Å². The normalized spacial score (nSPS) is 12.9. The van der Waals surface area contributed by atoms with Crippen LogP contribution >= 0.6 is 0 Å². The summed E-state index contributed by atoms with van der Waals surface area (Å²) in [6.45, 7) is 6.44. The van der Waals surface area contributed by atoms with Gasteiger partial charge in [-0.25, -0.2) is 9.59 Å². The number of esters is 1. The van der Waals surface area contributed by atoms with Crippen LogP contribution < -0.4 is 26.8 Å². The molecule has 0 bridgehead atoms. The molecule has 5 amide bonds. The van der Waals surface area contributed by atoms with Crippen LogP contribution in [0, 0.1) is 0 Å². The largest absolute Gasteiger partial charge is 0.462 e. The molecule has 0 unspecified atom stereocenters. The van der Waals surface area contributed by atoms with Crippen molar-refractivity contribution in [2.45, 2.75) is 64.3 Å². The van der Waals surface area contributed by atoms with E-state index in [4.69, 9.17) is 4.74 Å². The second kappa shape index (κ2) is 15.7. The Labute approximate surface area is 244 Å². The minimum atomic E-state index is -1.24. The summed E-state index contributed by atoms with van der Waals surface area (Å²) in [5.41, 5.74) is 5.04. The van der Waals surface area contributed by atoms with Crippen LogP contribution in [0.3, 0.4) is 0 Å². The summed E-state index contributed by atoms with van der Waals surface area (Å²) in [6.07, 6.45) is -0.672. The molecule has 0 radical (unpaired) electrons. The third-order valence-electron chi connectivity index (χ3n) is 5.63. The average Bonchev–Trinajstić information content (AvgIpc) is 2.94. The molecule has 0 fully saturated rings. The molecule has 0 aliphatic carbocycles. The molecule has 0 saturated heterocycles. The number of methoxy groups -OCH3 is 1. The van der Waals surface area contributed by atoms with E-state index in [0.29, 0.717) is 5.56 Å². The highest BCUT2D eigenvalue weighted by Crippen LogP contribution is 2.09. The van der Waals surface area contributed by atoms with Crippen LogP contribution in [0.1, 0.15) is 38.8 Å². The van der Waals surface area contributed by atoms with Gasteiger partial charge in [-0.3, -0.25) is 30.0 Å². The molecule has 42 heavy (non-hydrogen) atoms. The smallest absolute Gasteiger partial charge is 0.408 e. The molecule has 2 rings (SSSR count). The summed E-state index contributed by atoms with van der Waals surface area (Å²) in [7, 11) is 1.03. The molecule has 3 atom stereocenters. The number of rotatable bonds is 10. The first kappa shape index (κ1) is 33.3. The van der Waals surface area contributed by atoms with Crippen LogP contribution in [0.2, 0.25) is 0 Å². The van der Waals surface area contributed by atoms with Crippen LogP contribution in [0.15, 0.2) is 60.7 Å². The molecule has 0 aliphatic rings. The van der Waals surface area contributed by atoms with Crippen LogP contribution in [0.25, 0.3) is 0 Å². The second-order valence-electron chi connectivity index (χ2n) is 10.3. The number of hydrogen-bond donors (Lipinski definition) is 5. The molecular weight excluding hydrogens is 546 g/mol. The van der Waals surface area contributed by atoms with Crippen LogP contribution in [-0.4, -0.2) is 66.5 Å². The standard InChI is InChI=1S/C29H37N5O8/c1-18(30-24(36)21(16-19-12-8-6-9-13-19)32-28(40)42-29(2,3)4)23(35)33-34-25(37)22(31-26(38)27(39)41-5)17-20-14-10-7-11-15-20/h6-15,18,21-22H,16-17H2,1-5H3,(H,30,36)(H,31,38)(H,32,40)(H,33,35)(H,34,37)/t18-,21-,22-/m0/s1. The molecule has 5 N–H and O–H groups in total. The number of nitrogens with one attached hydrogen (secondary N) is 5. The SMILES string of the molecule is COC(=O)C(=O)N[C@@H](Cc1ccccc1)C(=O)NNC(=O)[C@H](C)NC(=O)[C@H](Cc1ccccc1)NC(=O)OC(C)(C)C. The maximum atomic E-state index is 13.1. The van der Waals surface area contributed by atoms with Crippen molar-refractivity contribution in [1.29, 1.82) is 0 Å². The summed E-state index contributed by atoms with van der Waals surface area (Å²) in [5, 5.41) is 7.32. The summed E-state index contributed by atoms with van der Waals surface area (Å²) in [6, 6.07) is 14.2. The van der Waals surface area contributed by atoms with Crippen molar-refractivity contribution in [1.82, 2.24) is 26.8 Å². The van der Waals surface area contributed by atoms with E-state index in [1.54, 1.807) is 75.4 Å². The van der Waals surface area contributed by atoms with Gasteiger partial charge >= 0.3 is 18.0 Å². The molecule has 0 aliphatic heterocycles. The Morgan fingerprint density at radius 3 is 1.64 bits per heavy atom. The quantitative estimate of drug-likeness (QED) is 0.154. The molecule has 2 aromatic rings. The van der Waals surface area contributed by atoms with E-state index in [9.17, 15) is 28.8 Å². The third kappa shape index (κ3) is 11.7. The topological polar surface area (TPSA) is 181 Å². The summed E-state index contributed by atoms with van der Waals surface area (Å²) < 4.78 is 9.66. The van der Waals surface area contributed by atoms with Gasteiger partial charge in [-0.15, -0.1) is 0 Å². The lowest BCUT2D eigenvalue weighted by atomic mass is 10.0. The van der Waals surface area contributed by atoms with Gasteiger partial charge in [0, 0.05) is 12.8 Å². The fraction of sp³-hybridized carbons (Fsp3) is 0.379. The lowest BCUT2D eigenvalue weighted by Gasteiger charge is -2.24. The molecule has 0 saturated carbocycles. The molecule has 2 aromatic carbocycles. The minimum absolute atomic E-state index is 0.00900. The second-order valence-corrected chi connectivity index (χ2v) is 10.3. The number of hydrogen-bond acceptors (Lipinski definition) is 8. The third-order valence-corrected chi connectivity index (χ3v) is 5.63. The van der Waals surface area contributed by atoms with Crippen molar-refractivity contribution >= 4 is 35.7 Å².